The molecule has 2 aromatic rings. The first-order valence-corrected chi connectivity index (χ1v) is 6.72. The Hall–Kier alpha value is -2.07. The van der Waals surface area contributed by atoms with Crippen molar-refractivity contribution in [3.63, 3.8) is 0 Å². The normalized spacial score (nSPS) is 10.3. The average molecular weight is 308 g/mol. The van der Waals surface area contributed by atoms with Gasteiger partial charge in [-0.25, -0.2) is 4.39 Å². The Morgan fingerprint density at radius 1 is 1.29 bits per heavy atom. The smallest absolute Gasteiger partial charge is 0.256 e. The third-order valence-electron chi connectivity index (χ3n) is 3.06. The summed E-state index contributed by atoms with van der Waals surface area (Å²) in [5, 5.41) is 0.328. The second-order valence-electron chi connectivity index (χ2n) is 4.64. The lowest BCUT2D eigenvalue weighted by Crippen LogP contribution is -2.27. The zero-order valence-electron chi connectivity index (χ0n) is 11.8. The van der Waals surface area contributed by atoms with Crippen LogP contribution in [0, 0.1) is 5.82 Å². The Labute approximate surface area is 127 Å². The van der Waals surface area contributed by atoms with Crippen molar-refractivity contribution in [1.29, 1.82) is 0 Å². The van der Waals surface area contributed by atoms with E-state index in [1.807, 2.05) is 24.3 Å². The number of benzene rings is 2. The molecule has 0 saturated carbocycles. The molecule has 5 heteroatoms. The van der Waals surface area contributed by atoms with E-state index in [1.165, 1.54) is 23.1 Å². The maximum Gasteiger partial charge on any atom is 0.256 e. The van der Waals surface area contributed by atoms with Crippen LogP contribution in [-0.2, 0) is 6.54 Å². The van der Waals surface area contributed by atoms with Crippen molar-refractivity contribution < 1.29 is 13.9 Å². The Bertz CT molecular complexity index is 660. The predicted molar refractivity (Wildman–Crippen MR) is 80.2 cm³/mol. The highest BCUT2D eigenvalue weighted by Crippen LogP contribution is 2.18. The predicted octanol–water partition coefficient (Wildman–Crippen LogP) is 3.76. The quantitative estimate of drug-likeness (QED) is 0.860. The van der Waals surface area contributed by atoms with Crippen LogP contribution in [0.2, 0.25) is 5.02 Å². The van der Waals surface area contributed by atoms with E-state index in [0.717, 1.165) is 5.56 Å². The number of methoxy groups -OCH3 is 1. The molecule has 0 spiro atoms. The van der Waals surface area contributed by atoms with Gasteiger partial charge in [0, 0.05) is 18.6 Å². The van der Waals surface area contributed by atoms with E-state index in [2.05, 4.69) is 0 Å². The van der Waals surface area contributed by atoms with Gasteiger partial charge in [-0.2, -0.15) is 0 Å². The summed E-state index contributed by atoms with van der Waals surface area (Å²) in [6.45, 7) is 0.349. The third-order valence-corrected chi connectivity index (χ3v) is 3.29. The van der Waals surface area contributed by atoms with Crippen molar-refractivity contribution in [2.75, 3.05) is 14.2 Å². The number of carbonyl (C=O) groups excluding carboxylic acids is 1. The fourth-order valence-electron chi connectivity index (χ4n) is 1.98. The number of hydrogen-bond donors (Lipinski definition) is 0. The molecule has 0 radical (unpaired) electrons. The number of rotatable bonds is 4. The molecular weight excluding hydrogens is 293 g/mol. The standard InChI is InChI=1S/C16H15ClFNO2/c1-19(10-11-4-3-5-13(8-11)21-2)16(20)14-9-12(17)6-7-15(14)18/h3-9H,10H2,1-2H3. The van der Waals surface area contributed by atoms with Crippen LogP contribution < -0.4 is 4.74 Å². The van der Waals surface area contributed by atoms with Gasteiger partial charge in [-0.15, -0.1) is 0 Å². The monoisotopic (exact) mass is 307 g/mol. The summed E-state index contributed by atoms with van der Waals surface area (Å²) in [5.41, 5.74) is 0.862. The Kier molecular flexibility index (Phi) is 4.81. The number of nitrogens with zero attached hydrogens (tertiary/aromatic N) is 1. The van der Waals surface area contributed by atoms with Gasteiger partial charge in [-0.3, -0.25) is 4.79 Å². The molecule has 2 aromatic carbocycles. The summed E-state index contributed by atoms with van der Waals surface area (Å²) in [7, 11) is 3.19. The fourth-order valence-corrected chi connectivity index (χ4v) is 2.16. The molecule has 0 unspecified atom stereocenters. The fraction of sp³-hybridized carbons (Fsp3) is 0.188. The lowest BCUT2D eigenvalue weighted by Gasteiger charge is -2.18. The molecule has 110 valence electrons. The summed E-state index contributed by atoms with van der Waals surface area (Å²) >= 11 is 5.81. The van der Waals surface area contributed by atoms with Crippen molar-refractivity contribution in [2.24, 2.45) is 0 Å². The summed E-state index contributed by atoms with van der Waals surface area (Å²) in [6.07, 6.45) is 0. The van der Waals surface area contributed by atoms with Crippen molar-refractivity contribution in [1.82, 2.24) is 4.90 Å². The number of hydrogen-bond acceptors (Lipinski definition) is 2. The van der Waals surface area contributed by atoms with E-state index >= 15 is 0 Å². The lowest BCUT2D eigenvalue weighted by molar-refractivity contribution is 0.0780. The van der Waals surface area contributed by atoms with Crippen LogP contribution in [0.4, 0.5) is 4.39 Å². The minimum Gasteiger partial charge on any atom is -0.497 e. The minimum atomic E-state index is -0.582. The molecule has 0 saturated heterocycles. The number of amides is 1. The third kappa shape index (κ3) is 3.73. The molecule has 0 atom stereocenters. The Morgan fingerprint density at radius 2 is 2.05 bits per heavy atom. The van der Waals surface area contributed by atoms with Gasteiger partial charge in [0.2, 0.25) is 0 Å². The van der Waals surface area contributed by atoms with Gasteiger partial charge in [0.1, 0.15) is 11.6 Å². The molecule has 0 fully saturated rings. The summed E-state index contributed by atoms with van der Waals surface area (Å²) in [6, 6.07) is 11.3. The van der Waals surface area contributed by atoms with Crippen LogP contribution in [0.15, 0.2) is 42.5 Å². The molecule has 1 amide bonds. The van der Waals surface area contributed by atoms with Crippen molar-refractivity contribution >= 4 is 17.5 Å². The molecule has 2 rings (SSSR count). The van der Waals surface area contributed by atoms with Gasteiger partial charge in [0.05, 0.1) is 12.7 Å². The van der Waals surface area contributed by atoms with Gasteiger partial charge in [0.15, 0.2) is 0 Å². The maximum atomic E-state index is 13.7. The van der Waals surface area contributed by atoms with E-state index in [4.69, 9.17) is 16.3 Å². The lowest BCUT2D eigenvalue weighted by atomic mass is 10.1. The molecule has 0 aromatic heterocycles. The van der Waals surface area contributed by atoms with Gasteiger partial charge < -0.3 is 9.64 Å². The molecule has 0 heterocycles. The van der Waals surface area contributed by atoms with Crippen LogP contribution in [-0.4, -0.2) is 25.0 Å². The van der Waals surface area contributed by atoms with Gasteiger partial charge in [0.25, 0.3) is 5.91 Å². The van der Waals surface area contributed by atoms with Gasteiger partial charge >= 0.3 is 0 Å². The second-order valence-corrected chi connectivity index (χ2v) is 5.07. The number of ether oxygens (including phenoxy) is 1. The highest BCUT2D eigenvalue weighted by molar-refractivity contribution is 6.30. The van der Waals surface area contributed by atoms with Crippen molar-refractivity contribution in [3.8, 4) is 5.75 Å². The Morgan fingerprint density at radius 3 is 2.76 bits per heavy atom. The molecule has 3 nitrogen and oxygen atoms in total. The highest BCUT2D eigenvalue weighted by Gasteiger charge is 2.17. The molecule has 0 aliphatic heterocycles. The van der Waals surface area contributed by atoms with Gasteiger partial charge in [-0.1, -0.05) is 23.7 Å². The topological polar surface area (TPSA) is 29.5 Å². The zero-order chi connectivity index (χ0) is 15.4. The summed E-state index contributed by atoms with van der Waals surface area (Å²) in [4.78, 5) is 13.7. The van der Waals surface area contributed by atoms with Crippen LogP contribution in [0.25, 0.3) is 0 Å². The SMILES string of the molecule is COc1cccc(CN(C)C(=O)c2cc(Cl)ccc2F)c1. The molecule has 21 heavy (non-hydrogen) atoms. The number of halogens is 2. The maximum absolute atomic E-state index is 13.7. The zero-order valence-corrected chi connectivity index (χ0v) is 12.5. The molecular formula is C16H15ClFNO2. The Balaban J connectivity index is 2.17. The molecule has 0 aliphatic carbocycles. The minimum absolute atomic E-state index is 0.0344. The first-order valence-electron chi connectivity index (χ1n) is 6.34. The summed E-state index contributed by atoms with van der Waals surface area (Å²) < 4.78 is 18.8. The van der Waals surface area contributed by atoms with E-state index < -0.39 is 11.7 Å². The second kappa shape index (κ2) is 6.59. The highest BCUT2D eigenvalue weighted by atomic mass is 35.5. The van der Waals surface area contributed by atoms with Crippen molar-refractivity contribution in [2.45, 2.75) is 6.54 Å². The van der Waals surface area contributed by atoms with Crippen molar-refractivity contribution in [3.05, 3.63) is 64.4 Å². The van der Waals surface area contributed by atoms with Crippen LogP contribution in [0.1, 0.15) is 15.9 Å². The van der Waals surface area contributed by atoms with E-state index in [1.54, 1.807) is 14.2 Å². The van der Waals surface area contributed by atoms with Crippen LogP contribution in [0.5, 0.6) is 5.75 Å². The van der Waals surface area contributed by atoms with Crippen LogP contribution >= 0.6 is 11.6 Å². The first-order chi connectivity index (χ1) is 10.0. The van der Waals surface area contributed by atoms with E-state index in [0.29, 0.717) is 17.3 Å². The largest absolute Gasteiger partial charge is 0.497 e. The van der Waals surface area contributed by atoms with Gasteiger partial charge in [-0.05, 0) is 35.9 Å². The van der Waals surface area contributed by atoms with E-state index in [9.17, 15) is 9.18 Å². The molecule has 0 bridgehead atoms. The molecule has 0 N–H and O–H groups in total. The van der Waals surface area contributed by atoms with E-state index in [-0.39, 0.29) is 5.56 Å². The first kappa shape index (κ1) is 15.3. The average Bonchev–Trinajstić information content (AvgIpc) is 2.49. The number of carbonyl (C=O) groups is 1. The van der Waals surface area contributed by atoms with Crippen LogP contribution in [0.3, 0.4) is 0 Å². The summed E-state index contributed by atoms with van der Waals surface area (Å²) in [5.74, 6) is -0.290. The molecule has 0 aliphatic rings.